The lowest BCUT2D eigenvalue weighted by Gasteiger charge is -2.18. The van der Waals surface area contributed by atoms with E-state index in [-0.39, 0.29) is 12.8 Å². The molecule has 0 bridgehead atoms. The molecule has 0 aromatic rings. The van der Waals surface area contributed by atoms with Gasteiger partial charge in [-0.05, 0) is 38.5 Å². The number of hydrogen-bond acceptors (Lipinski definition) is 8. The summed E-state index contributed by atoms with van der Waals surface area (Å²) in [7, 11) is -4.72. The van der Waals surface area contributed by atoms with Crippen molar-refractivity contribution in [3.8, 4) is 0 Å². The maximum Gasteiger partial charge on any atom is 0.472 e. The van der Waals surface area contributed by atoms with Crippen LogP contribution in [0.3, 0.4) is 0 Å². The molecule has 4 N–H and O–H groups in total. The minimum Gasteiger partial charge on any atom is -0.480 e. The van der Waals surface area contributed by atoms with Crippen molar-refractivity contribution in [3.63, 3.8) is 0 Å². The van der Waals surface area contributed by atoms with Gasteiger partial charge in [-0.2, -0.15) is 0 Å². The molecule has 0 aliphatic rings. The number of phosphoric ester groups is 1. The zero-order chi connectivity index (χ0) is 30.8. The van der Waals surface area contributed by atoms with E-state index in [0.29, 0.717) is 12.8 Å². The Morgan fingerprint density at radius 1 is 0.756 bits per heavy atom. The Bertz CT molecular complexity index is 777. The van der Waals surface area contributed by atoms with Gasteiger partial charge >= 0.3 is 19.8 Å². The topological polar surface area (TPSA) is 169 Å². The van der Waals surface area contributed by atoms with E-state index in [0.717, 1.165) is 38.5 Å². The number of unbranched alkanes of at least 4 members (excludes halogenated alkanes) is 12. The van der Waals surface area contributed by atoms with Crippen LogP contribution in [0, 0.1) is 0 Å². The smallest absolute Gasteiger partial charge is 0.472 e. The number of esters is 1. The highest BCUT2D eigenvalue weighted by atomic mass is 31.2. The van der Waals surface area contributed by atoms with E-state index in [1.807, 2.05) is 0 Å². The third-order valence-electron chi connectivity index (χ3n) is 6.27. The van der Waals surface area contributed by atoms with Gasteiger partial charge in [0.1, 0.15) is 12.7 Å². The van der Waals surface area contributed by atoms with Gasteiger partial charge in [0.2, 0.25) is 5.91 Å². The molecular formula is C29H54NO10P. The monoisotopic (exact) mass is 607 g/mol. The third kappa shape index (κ3) is 25.6. The third-order valence-corrected chi connectivity index (χ3v) is 7.22. The van der Waals surface area contributed by atoms with E-state index in [1.165, 1.54) is 44.9 Å². The second-order valence-corrected chi connectivity index (χ2v) is 11.7. The summed E-state index contributed by atoms with van der Waals surface area (Å²) in [4.78, 5) is 44.6. The summed E-state index contributed by atoms with van der Waals surface area (Å²) in [6.07, 6.45) is 20.1. The molecular weight excluding hydrogens is 553 g/mol. The summed E-state index contributed by atoms with van der Waals surface area (Å²) in [5.41, 5.74) is 0. The summed E-state index contributed by atoms with van der Waals surface area (Å²) in [6, 6.07) is -1.54. The van der Waals surface area contributed by atoms with E-state index >= 15 is 0 Å². The van der Waals surface area contributed by atoms with Gasteiger partial charge in [-0.25, -0.2) is 9.36 Å². The lowest BCUT2D eigenvalue weighted by molar-refractivity contribution is -0.147. The van der Waals surface area contributed by atoms with Crippen LogP contribution in [0.25, 0.3) is 0 Å². The number of phosphoric acid groups is 1. The van der Waals surface area contributed by atoms with Gasteiger partial charge in [0.15, 0.2) is 6.04 Å². The number of rotatable bonds is 28. The van der Waals surface area contributed by atoms with Gasteiger partial charge < -0.3 is 25.2 Å². The predicted molar refractivity (Wildman–Crippen MR) is 157 cm³/mol. The maximum atomic E-state index is 12.1. The Morgan fingerprint density at radius 3 is 1.85 bits per heavy atom. The fourth-order valence-corrected chi connectivity index (χ4v) is 4.65. The van der Waals surface area contributed by atoms with E-state index < -0.39 is 57.6 Å². The highest BCUT2D eigenvalue weighted by Gasteiger charge is 2.28. The SMILES string of the molecule is CCCCCCCCC/C=C\CCCCCCCC(=O)NC(COP(=O)(O)OCC(O)COC(=O)CCC)C(=O)O. The Kier molecular flexibility index (Phi) is 24.8. The van der Waals surface area contributed by atoms with Gasteiger partial charge in [-0.3, -0.25) is 18.6 Å². The highest BCUT2D eigenvalue weighted by Crippen LogP contribution is 2.43. The molecule has 1 amide bonds. The van der Waals surface area contributed by atoms with Crippen molar-refractivity contribution in [2.45, 2.75) is 135 Å². The van der Waals surface area contributed by atoms with Crippen molar-refractivity contribution in [3.05, 3.63) is 12.2 Å². The number of carbonyl (C=O) groups is 3. The first-order valence-electron chi connectivity index (χ1n) is 15.2. The van der Waals surface area contributed by atoms with Crippen molar-refractivity contribution >= 4 is 25.7 Å². The van der Waals surface area contributed by atoms with Crippen LogP contribution in [-0.4, -0.2) is 64.9 Å². The summed E-state index contributed by atoms with van der Waals surface area (Å²) < 4.78 is 26.1. The molecule has 240 valence electrons. The fourth-order valence-electron chi connectivity index (χ4n) is 3.87. The zero-order valence-corrected chi connectivity index (χ0v) is 26.0. The average molecular weight is 608 g/mol. The van der Waals surface area contributed by atoms with Crippen LogP contribution in [0.2, 0.25) is 0 Å². The van der Waals surface area contributed by atoms with E-state index in [4.69, 9.17) is 4.74 Å². The summed E-state index contributed by atoms with van der Waals surface area (Å²) >= 11 is 0. The molecule has 0 saturated carbocycles. The van der Waals surface area contributed by atoms with E-state index in [1.54, 1.807) is 6.92 Å². The first-order valence-corrected chi connectivity index (χ1v) is 16.7. The maximum absolute atomic E-state index is 12.1. The van der Waals surface area contributed by atoms with Gasteiger partial charge in [-0.15, -0.1) is 0 Å². The van der Waals surface area contributed by atoms with Crippen LogP contribution in [-0.2, 0) is 32.7 Å². The van der Waals surface area contributed by atoms with Crippen molar-refractivity contribution in [2.24, 2.45) is 0 Å². The lowest BCUT2D eigenvalue weighted by atomic mass is 10.1. The second kappa shape index (κ2) is 25.9. The van der Waals surface area contributed by atoms with Crippen molar-refractivity contribution < 1.29 is 47.8 Å². The Morgan fingerprint density at radius 2 is 1.29 bits per heavy atom. The number of aliphatic hydroxyl groups excluding tert-OH is 1. The number of carboxylic acid groups (broad SMARTS) is 1. The van der Waals surface area contributed by atoms with Gasteiger partial charge in [-0.1, -0.05) is 83.8 Å². The molecule has 0 heterocycles. The van der Waals surface area contributed by atoms with E-state index in [9.17, 15) is 34.1 Å². The van der Waals surface area contributed by atoms with Crippen molar-refractivity contribution in [1.82, 2.24) is 5.32 Å². The number of ether oxygens (including phenoxy) is 1. The number of aliphatic carboxylic acids is 1. The largest absolute Gasteiger partial charge is 0.480 e. The Labute approximate surface area is 246 Å². The van der Waals surface area contributed by atoms with Crippen LogP contribution in [0.5, 0.6) is 0 Å². The molecule has 0 aromatic heterocycles. The number of carboxylic acids is 1. The molecule has 0 aliphatic heterocycles. The Balaban J connectivity index is 3.97. The first-order chi connectivity index (χ1) is 19.6. The molecule has 12 heteroatoms. The second-order valence-electron chi connectivity index (χ2n) is 10.3. The van der Waals surface area contributed by atoms with Gasteiger partial charge in [0, 0.05) is 12.8 Å². The van der Waals surface area contributed by atoms with E-state index in [2.05, 4.69) is 33.4 Å². The summed E-state index contributed by atoms with van der Waals surface area (Å²) in [6.45, 7) is 2.11. The fraction of sp³-hybridized carbons (Fsp3) is 0.828. The molecule has 3 atom stereocenters. The number of nitrogens with one attached hydrogen (secondary N) is 1. The van der Waals surface area contributed by atoms with Gasteiger partial charge in [0.25, 0.3) is 0 Å². The number of hydrogen-bond donors (Lipinski definition) is 4. The lowest BCUT2D eigenvalue weighted by Crippen LogP contribution is -2.43. The predicted octanol–water partition coefficient (Wildman–Crippen LogP) is 5.82. The number of allylic oxidation sites excluding steroid dienone is 2. The molecule has 0 rings (SSSR count). The molecule has 11 nitrogen and oxygen atoms in total. The van der Waals surface area contributed by atoms with Crippen LogP contribution >= 0.6 is 7.82 Å². The number of aliphatic hydroxyl groups is 1. The number of amides is 1. The zero-order valence-electron chi connectivity index (χ0n) is 25.1. The van der Waals surface area contributed by atoms with Gasteiger partial charge in [0.05, 0.1) is 13.2 Å². The average Bonchev–Trinajstić information content (AvgIpc) is 2.92. The summed E-state index contributed by atoms with van der Waals surface area (Å²) in [5.74, 6) is -2.44. The van der Waals surface area contributed by atoms with Crippen LogP contribution in [0.1, 0.15) is 123 Å². The standard InChI is InChI=1S/C29H54NO10P/c1-3-5-6-7-8-9-10-11-12-13-14-15-16-17-18-19-21-27(32)30-26(29(34)35)24-40-41(36,37)39-23-25(31)22-38-28(33)20-4-2/h12-13,25-26,31H,3-11,14-24H2,1-2H3,(H,30,32)(H,34,35)(H,36,37)/b13-12-. The molecule has 0 aromatic carbocycles. The number of carbonyl (C=O) groups excluding carboxylic acids is 2. The van der Waals surface area contributed by atoms with Crippen molar-refractivity contribution in [1.29, 1.82) is 0 Å². The minimum atomic E-state index is -4.72. The Hall–Kier alpha value is -1.78. The highest BCUT2D eigenvalue weighted by molar-refractivity contribution is 7.47. The summed E-state index contributed by atoms with van der Waals surface area (Å²) in [5, 5.41) is 21.3. The molecule has 0 radical (unpaired) electrons. The van der Waals surface area contributed by atoms with Crippen molar-refractivity contribution in [2.75, 3.05) is 19.8 Å². The molecule has 0 spiro atoms. The first kappa shape index (κ1) is 39.2. The molecule has 0 saturated heterocycles. The quantitative estimate of drug-likeness (QED) is 0.0368. The molecule has 0 aliphatic carbocycles. The molecule has 41 heavy (non-hydrogen) atoms. The van der Waals surface area contributed by atoms with Crippen LogP contribution < -0.4 is 5.32 Å². The molecule has 3 unspecified atom stereocenters. The normalized spacial score (nSPS) is 14.4. The minimum absolute atomic E-state index is 0.137. The molecule has 0 fully saturated rings. The van der Waals surface area contributed by atoms with Crippen LogP contribution in [0.15, 0.2) is 12.2 Å². The van der Waals surface area contributed by atoms with Crippen LogP contribution in [0.4, 0.5) is 0 Å².